The lowest BCUT2D eigenvalue weighted by Crippen LogP contribution is -2.44. The molecule has 1 N–H and O–H groups in total. The average molecular weight is 560 g/mol. The minimum Gasteiger partial charge on any atom is -0.494 e. The molecule has 3 heterocycles. The van der Waals surface area contributed by atoms with Gasteiger partial charge in [0.15, 0.2) is 18.0 Å². The van der Waals surface area contributed by atoms with E-state index in [0.717, 1.165) is 54.0 Å². The van der Waals surface area contributed by atoms with Crippen LogP contribution in [0.1, 0.15) is 11.3 Å². The highest BCUT2D eigenvalue weighted by Gasteiger charge is 2.40. The van der Waals surface area contributed by atoms with Gasteiger partial charge in [0.1, 0.15) is 11.4 Å². The van der Waals surface area contributed by atoms with Crippen LogP contribution in [0.4, 0.5) is 35.7 Å². The van der Waals surface area contributed by atoms with E-state index in [9.17, 15) is 14.0 Å². The molecule has 1 fully saturated rings. The summed E-state index contributed by atoms with van der Waals surface area (Å²) < 4.78 is 51.8. The molecule has 1 aliphatic rings. The monoisotopic (exact) mass is 559 g/mol. The molecule has 0 radical (unpaired) electrons. The molecular weight excluding hydrogens is 535 g/mol. The summed E-state index contributed by atoms with van der Waals surface area (Å²) >= 11 is -0.202. The summed E-state index contributed by atoms with van der Waals surface area (Å²) in [5, 5.41) is 14.0. The Hall–Kier alpha value is -4.04. The molecule has 5 rings (SSSR count). The first-order valence-electron chi connectivity index (χ1n) is 11.9. The van der Waals surface area contributed by atoms with Crippen molar-refractivity contribution in [3.63, 3.8) is 0 Å². The quantitative estimate of drug-likeness (QED) is 0.226. The predicted molar refractivity (Wildman–Crippen MR) is 144 cm³/mol. The van der Waals surface area contributed by atoms with E-state index < -0.39 is 27.8 Å². The van der Waals surface area contributed by atoms with E-state index in [2.05, 4.69) is 32.1 Å². The van der Waals surface area contributed by atoms with E-state index >= 15 is 8.78 Å². The molecule has 4 aromatic rings. The summed E-state index contributed by atoms with van der Waals surface area (Å²) in [6, 6.07) is 10.9. The number of methoxy groups -OCH3 is 1. The topological polar surface area (TPSA) is 102 Å². The standard InChI is InChI=1S/C25H24F3N7O3S/c1-32-10-12-33(13-11-32)17-6-7-20(21(15-17)38-2)29-24-30-22(19-8-9-34(39-28)23(19)31-24)25(26,27)16-4-3-5-18(14-16)35(36)37/h3-9,14-15H,10-13H2,1-2H3,(H,29,30,31). The summed E-state index contributed by atoms with van der Waals surface area (Å²) in [7, 11) is 3.56. The van der Waals surface area contributed by atoms with E-state index in [1.165, 1.54) is 25.4 Å². The third-order valence-corrected chi connectivity index (χ3v) is 7.05. The number of aromatic nitrogens is 3. The zero-order chi connectivity index (χ0) is 27.7. The minimum absolute atomic E-state index is 0.0897. The predicted octanol–water partition coefficient (Wildman–Crippen LogP) is 5.36. The van der Waals surface area contributed by atoms with Crippen molar-refractivity contribution in [1.82, 2.24) is 18.8 Å². The van der Waals surface area contributed by atoms with Crippen molar-refractivity contribution in [2.24, 2.45) is 0 Å². The molecule has 0 bridgehead atoms. The van der Waals surface area contributed by atoms with Crippen molar-refractivity contribution >= 4 is 46.4 Å². The number of non-ortho nitro benzene ring substituents is 1. The Bertz CT molecular complexity index is 1530. The Morgan fingerprint density at radius 1 is 1.10 bits per heavy atom. The summed E-state index contributed by atoms with van der Waals surface area (Å²) in [5.41, 5.74) is -0.562. The number of ether oxygens (including phenoxy) is 1. The summed E-state index contributed by atoms with van der Waals surface area (Å²) in [6.07, 6.45) is 1.26. The van der Waals surface area contributed by atoms with Crippen LogP contribution >= 0.6 is 12.3 Å². The second-order valence-electron chi connectivity index (χ2n) is 9.03. The number of piperazine rings is 1. The molecule has 0 amide bonds. The van der Waals surface area contributed by atoms with Crippen molar-refractivity contribution < 1.29 is 22.3 Å². The lowest BCUT2D eigenvalue weighted by Gasteiger charge is -2.34. The van der Waals surface area contributed by atoms with Gasteiger partial charge in [0.25, 0.3) is 5.69 Å². The number of likely N-dealkylation sites (N-methyl/N-ethyl adjacent to an activating group) is 1. The Morgan fingerprint density at radius 2 is 1.87 bits per heavy atom. The SMILES string of the molecule is COc1cc(N2CCN(C)CC2)ccc1Nc1nc(C(F)(F)c2cccc([N+](=O)[O-])c2)c2ccn(SF)c2n1. The number of anilines is 3. The van der Waals surface area contributed by atoms with Gasteiger partial charge >= 0.3 is 5.92 Å². The maximum Gasteiger partial charge on any atom is 0.316 e. The fourth-order valence-corrected chi connectivity index (χ4v) is 4.77. The maximum atomic E-state index is 15.8. The van der Waals surface area contributed by atoms with E-state index in [1.54, 1.807) is 6.07 Å². The summed E-state index contributed by atoms with van der Waals surface area (Å²) in [6.45, 7) is 3.54. The van der Waals surface area contributed by atoms with Crippen LogP contribution in [0.3, 0.4) is 0 Å². The maximum absolute atomic E-state index is 15.8. The summed E-state index contributed by atoms with van der Waals surface area (Å²) in [5.74, 6) is -3.54. The van der Waals surface area contributed by atoms with Gasteiger partial charge in [-0.25, -0.2) is 8.96 Å². The lowest BCUT2D eigenvalue weighted by molar-refractivity contribution is -0.385. The van der Waals surface area contributed by atoms with Crippen LogP contribution in [0.25, 0.3) is 11.0 Å². The fourth-order valence-electron chi connectivity index (χ4n) is 4.46. The third kappa shape index (κ3) is 5.16. The Labute approximate surface area is 226 Å². The van der Waals surface area contributed by atoms with Gasteiger partial charge in [0, 0.05) is 67.2 Å². The van der Waals surface area contributed by atoms with Gasteiger partial charge in [-0.15, -0.1) is 3.89 Å². The van der Waals surface area contributed by atoms with Gasteiger partial charge in [0.05, 0.1) is 17.7 Å². The lowest BCUT2D eigenvalue weighted by atomic mass is 10.0. The van der Waals surface area contributed by atoms with Crippen molar-refractivity contribution in [3.8, 4) is 5.75 Å². The van der Waals surface area contributed by atoms with Crippen LogP contribution in [0.5, 0.6) is 5.75 Å². The highest BCUT2D eigenvalue weighted by Crippen LogP contribution is 2.41. The van der Waals surface area contributed by atoms with Gasteiger partial charge in [-0.2, -0.15) is 13.8 Å². The molecule has 0 atom stereocenters. The molecule has 2 aromatic carbocycles. The molecule has 2 aromatic heterocycles. The van der Waals surface area contributed by atoms with Crippen molar-refractivity contribution in [3.05, 3.63) is 76.1 Å². The highest BCUT2D eigenvalue weighted by molar-refractivity contribution is 7.92. The fraction of sp³-hybridized carbons (Fsp3) is 0.280. The van der Waals surface area contributed by atoms with Crippen LogP contribution in [0.2, 0.25) is 0 Å². The molecule has 10 nitrogen and oxygen atoms in total. The first-order chi connectivity index (χ1) is 18.7. The van der Waals surface area contributed by atoms with Crippen molar-refractivity contribution in [2.45, 2.75) is 5.92 Å². The van der Waals surface area contributed by atoms with Gasteiger partial charge < -0.3 is 19.9 Å². The number of nitrogens with zero attached hydrogens (tertiary/aromatic N) is 6. The Morgan fingerprint density at radius 3 is 2.56 bits per heavy atom. The number of benzene rings is 2. The number of rotatable bonds is 8. The number of hydrogen-bond donors (Lipinski definition) is 1. The number of hydrogen-bond acceptors (Lipinski definition) is 9. The van der Waals surface area contributed by atoms with Gasteiger partial charge in [-0.1, -0.05) is 12.1 Å². The average Bonchev–Trinajstić information content (AvgIpc) is 3.36. The Balaban J connectivity index is 1.55. The van der Waals surface area contributed by atoms with Crippen LogP contribution in [-0.2, 0) is 5.92 Å². The number of fused-ring (bicyclic) bond motifs is 1. The van der Waals surface area contributed by atoms with Gasteiger partial charge in [-0.3, -0.25) is 10.1 Å². The normalized spacial score (nSPS) is 14.5. The van der Waals surface area contributed by atoms with Crippen LogP contribution in [0.15, 0.2) is 54.7 Å². The highest BCUT2D eigenvalue weighted by atomic mass is 32.2. The van der Waals surface area contributed by atoms with E-state index in [-0.39, 0.29) is 29.3 Å². The third-order valence-electron chi connectivity index (χ3n) is 6.60. The van der Waals surface area contributed by atoms with Crippen LogP contribution in [0, 0.1) is 10.1 Å². The molecule has 0 spiro atoms. The van der Waals surface area contributed by atoms with Gasteiger partial charge in [0.2, 0.25) is 5.95 Å². The zero-order valence-corrected chi connectivity index (χ0v) is 21.8. The molecule has 1 saturated heterocycles. The zero-order valence-electron chi connectivity index (χ0n) is 21.0. The first kappa shape index (κ1) is 26.6. The molecule has 0 aliphatic carbocycles. The van der Waals surface area contributed by atoms with E-state index in [4.69, 9.17) is 4.74 Å². The van der Waals surface area contributed by atoms with Crippen LogP contribution < -0.4 is 15.0 Å². The minimum atomic E-state index is -3.76. The molecule has 1 aliphatic heterocycles. The largest absolute Gasteiger partial charge is 0.494 e. The number of nitrogens with one attached hydrogen (secondary N) is 1. The van der Waals surface area contributed by atoms with E-state index in [0.29, 0.717) is 11.4 Å². The number of nitro benzene ring substituents is 1. The molecule has 39 heavy (non-hydrogen) atoms. The van der Waals surface area contributed by atoms with Crippen LogP contribution in [-0.4, -0.2) is 64.1 Å². The Kier molecular flexibility index (Phi) is 7.23. The molecule has 204 valence electrons. The van der Waals surface area contributed by atoms with Gasteiger partial charge in [-0.05, 0) is 25.2 Å². The summed E-state index contributed by atoms with van der Waals surface area (Å²) in [4.78, 5) is 23.3. The smallest absolute Gasteiger partial charge is 0.316 e. The first-order valence-corrected chi connectivity index (χ1v) is 12.6. The number of nitro groups is 1. The van der Waals surface area contributed by atoms with E-state index in [1.807, 2.05) is 12.1 Å². The molecule has 14 heteroatoms. The molecular formula is C25H24F3N7O3S. The van der Waals surface area contributed by atoms with Crippen molar-refractivity contribution in [2.75, 3.05) is 50.6 Å². The second kappa shape index (κ2) is 10.6. The second-order valence-corrected chi connectivity index (χ2v) is 9.56. The molecule has 0 unspecified atom stereocenters. The number of halogens is 3. The molecule has 0 saturated carbocycles. The number of alkyl halides is 2. The van der Waals surface area contributed by atoms with Crippen molar-refractivity contribution in [1.29, 1.82) is 0 Å².